The zero-order valence-corrected chi connectivity index (χ0v) is 6.40. The minimum atomic E-state index is -1.58. The fourth-order valence-electron chi connectivity index (χ4n) is 0.309. The van der Waals surface area contributed by atoms with Gasteiger partial charge in [0.15, 0.2) is 0 Å². The number of allylic oxidation sites excluding steroid dienone is 1. The van der Waals surface area contributed by atoms with Gasteiger partial charge in [-0.05, 0) is 12.0 Å². The summed E-state index contributed by atoms with van der Waals surface area (Å²) >= 11 is 0. The number of hydrogen-bond donors (Lipinski definition) is 1. The summed E-state index contributed by atoms with van der Waals surface area (Å²) in [5, 5.41) is 8.04. The van der Waals surface area contributed by atoms with Crippen molar-refractivity contribution in [1.29, 1.82) is 0 Å². The summed E-state index contributed by atoms with van der Waals surface area (Å²) in [6, 6.07) is 0. The van der Waals surface area contributed by atoms with Crippen LogP contribution in [0.15, 0.2) is 12.3 Å². The van der Waals surface area contributed by atoms with Crippen LogP contribution in [0.1, 0.15) is 13.8 Å². The smallest absolute Gasteiger partial charge is 0.422 e. The average molecular weight is 158 g/mol. The van der Waals surface area contributed by atoms with E-state index in [1.807, 2.05) is 13.8 Å². The van der Waals surface area contributed by atoms with Crippen LogP contribution in [0.25, 0.3) is 0 Å². The van der Waals surface area contributed by atoms with Crippen molar-refractivity contribution in [2.45, 2.75) is 13.8 Å². The Morgan fingerprint density at radius 3 is 2.36 bits per heavy atom. The maximum atomic E-state index is 10.3. The van der Waals surface area contributed by atoms with E-state index in [0.29, 0.717) is 0 Å². The number of carbonyl (C=O) groups is 2. The molecular formula is C7H10O4. The number of hydrogen-bond acceptors (Lipinski definition) is 3. The zero-order valence-electron chi connectivity index (χ0n) is 6.40. The van der Waals surface area contributed by atoms with Gasteiger partial charge in [0, 0.05) is 0 Å². The Morgan fingerprint density at radius 1 is 1.45 bits per heavy atom. The standard InChI is InChI=1S/C7H10O4/c1-5(2)3-4-11-7(10)6(8)9/h3-5H,1-2H3,(H,8,9). The van der Waals surface area contributed by atoms with Gasteiger partial charge in [-0.15, -0.1) is 0 Å². The van der Waals surface area contributed by atoms with Gasteiger partial charge in [0.2, 0.25) is 0 Å². The summed E-state index contributed by atoms with van der Waals surface area (Å²) in [5.74, 6) is -2.61. The van der Waals surface area contributed by atoms with Gasteiger partial charge < -0.3 is 9.84 Å². The SMILES string of the molecule is CC(C)C=COC(=O)C(=O)O. The summed E-state index contributed by atoms with van der Waals surface area (Å²) in [6.45, 7) is 3.76. The first-order chi connectivity index (χ1) is 5.04. The third-order valence-electron chi connectivity index (χ3n) is 0.813. The van der Waals surface area contributed by atoms with Crippen molar-refractivity contribution in [2.75, 3.05) is 0 Å². The molecule has 0 heterocycles. The minimum Gasteiger partial charge on any atom is -0.473 e. The van der Waals surface area contributed by atoms with Gasteiger partial charge in [0.1, 0.15) is 0 Å². The molecule has 0 spiro atoms. The van der Waals surface area contributed by atoms with Crippen LogP contribution in [-0.2, 0) is 14.3 Å². The van der Waals surface area contributed by atoms with E-state index in [1.54, 1.807) is 6.08 Å². The largest absolute Gasteiger partial charge is 0.473 e. The molecule has 0 aromatic rings. The number of carbonyl (C=O) groups excluding carboxylic acids is 1. The van der Waals surface area contributed by atoms with E-state index >= 15 is 0 Å². The van der Waals surface area contributed by atoms with E-state index in [0.717, 1.165) is 6.26 Å². The molecule has 0 aromatic carbocycles. The lowest BCUT2D eigenvalue weighted by molar-refractivity contribution is -0.160. The van der Waals surface area contributed by atoms with Gasteiger partial charge in [-0.2, -0.15) is 0 Å². The maximum Gasteiger partial charge on any atom is 0.422 e. The minimum absolute atomic E-state index is 0.233. The summed E-state index contributed by atoms with van der Waals surface area (Å²) in [4.78, 5) is 20.1. The van der Waals surface area contributed by atoms with Crippen molar-refractivity contribution in [3.05, 3.63) is 12.3 Å². The highest BCUT2D eigenvalue weighted by atomic mass is 16.6. The monoisotopic (exact) mass is 158 g/mol. The molecule has 4 nitrogen and oxygen atoms in total. The second kappa shape index (κ2) is 4.49. The van der Waals surface area contributed by atoms with Gasteiger partial charge >= 0.3 is 11.9 Å². The highest BCUT2D eigenvalue weighted by molar-refractivity contribution is 6.28. The van der Waals surface area contributed by atoms with Crippen LogP contribution in [0.2, 0.25) is 0 Å². The Morgan fingerprint density at radius 2 is 2.00 bits per heavy atom. The summed E-state index contributed by atoms with van der Waals surface area (Å²) in [6.07, 6.45) is 2.67. The summed E-state index contributed by atoms with van der Waals surface area (Å²) in [7, 11) is 0. The Balaban J connectivity index is 3.71. The van der Waals surface area contributed by atoms with Crippen LogP contribution in [0, 0.1) is 5.92 Å². The van der Waals surface area contributed by atoms with Gasteiger partial charge in [0.25, 0.3) is 0 Å². The van der Waals surface area contributed by atoms with Crippen LogP contribution >= 0.6 is 0 Å². The molecule has 0 bridgehead atoms. The molecule has 0 atom stereocenters. The van der Waals surface area contributed by atoms with Crippen LogP contribution in [0.5, 0.6) is 0 Å². The normalized spacial score (nSPS) is 10.5. The fourth-order valence-corrected chi connectivity index (χ4v) is 0.309. The van der Waals surface area contributed by atoms with E-state index < -0.39 is 11.9 Å². The van der Waals surface area contributed by atoms with Gasteiger partial charge in [-0.25, -0.2) is 9.59 Å². The fraction of sp³-hybridized carbons (Fsp3) is 0.429. The lowest BCUT2D eigenvalue weighted by Gasteiger charge is -1.93. The molecule has 0 saturated carbocycles. The lowest BCUT2D eigenvalue weighted by Crippen LogP contribution is -2.13. The van der Waals surface area contributed by atoms with E-state index in [2.05, 4.69) is 4.74 Å². The topological polar surface area (TPSA) is 63.6 Å². The third-order valence-corrected chi connectivity index (χ3v) is 0.813. The first kappa shape index (κ1) is 9.68. The van der Waals surface area contributed by atoms with Crippen molar-refractivity contribution < 1.29 is 19.4 Å². The predicted octanol–water partition coefficient (Wildman–Crippen LogP) is 0.784. The number of carboxylic acids is 1. The molecular weight excluding hydrogens is 148 g/mol. The van der Waals surface area contributed by atoms with Gasteiger partial charge in [-0.3, -0.25) is 0 Å². The van der Waals surface area contributed by atoms with Crippen LogP contribution < -0.4 is 0 Å². The number of esters is 1. The van der Waals surface area contributed by atoms with Gasteiger partial charge in [-0.1, -0.05) is 13.8 Å². The van der Waals surface area contributed by atoms with Crippen molar-refractivity contribution in [2.24, 2.45) is 5.92 Å². The zero-order chi connectivity index (χ0) is 8.85. The molecule has 0 fully saturated rings. The predicted molar refractivity (Wildman–Crippen MR) is 37.7 cm³/mol. The number of aliphatic carboxylic acids is 1. The Labute approximate surface area is 64.5 Å². The van der Waals surface area contributed by atoms with Crippen molar-refractivity contribution in [1.82, 2.24) is 0 Å². The summed E-state index contributed by atoms with van der Waals surface area (Å²) < 4.78 is 4.20. The number of carboxylic acid groups (broad SMARTS) is 1. The quantitative estimate of drug-likeness (QED) is 0.366. The van der Waals surface area contributed by atoms with E-state index in [1.165, 1.54) is 0 Å². The molecule has 62 valence electrons. The first-order valence-electron chi connectivity index (χ1n) is 3.14. The van der Waals surface area contributed by atoms with Crippen molar-refractivity contribution in [3.63, 3.8) is 0 Å². The molecule has 0 rings (SSSR count). The van der Waals surface area contributed by atoms with Crippen LogP contribution in [0.4, 0.5) is 0 Å². The molecule has 1 N–H and O–H groups in total. The van der Waals surface area contributed by atoms with Crippen LogP contribution in [-0.4, -0.2) is 17.0 Å². The molecule has 0 aliphatic heterocycles. The molecule has 0 radical (unpaired) electrons. The molecule has 0 saturated heterocycles. The molecule has 0 aliphatic carbocycles. The highest BCUT2D eigenvalue weighted by Crippen LogP contribution is 1.93. The maximum absolute atomic E-state index is 10.3. The number of ether oxygens (including phenoxy) is 1. The van der Waals surface area contributed by atoms with Crippen molar-refractivity contribution in [3.8, 4) is 0 Å². The highest BCUT2D eigenvalue weighted by Gasteiger charge is 2.10. The van der Waals surface area contributed by atoms with Crippen molar-refractivity contribution >= 4 is 11.9 Å². The van der Waals surface area contributed by atoms with E-state index in [-0.39, 0.29) is 5.92 Å². The molecule has 0 unspecified atom stereocenters. The Hall–Kier alpha value is -1.32. The third kappa shape index (κ3) is 5.14. The van der Waals surface area contributed by atoms with Crippen LogP contribution in [0.3, 0.4) is 0 Å². The lowest BCUT2D eigenvalue weighted by atomic mass is 10.2. The molecule has 0 aliphatic rings. The molecule has 0 amide bonds. The Kier molecular flexibility index (Phi) is 3.95. The van der Waals surface area contributed by atoms with Gasteiger partial charge in [0.05, 0.1) is 6.26 Å². The first-order valence-corrected chi connectivity index (χ1v) is 3.14. The molecule has 0 aromatic heterocycles. The molecule has 11 heavy (non-hydrogen) atoms. The second-order valence-corrected chi connectivity index (χ2v) is 2.28. The summed E-state index contributed by atoms with van der Waals surface area (Å²) in [5.41, 5.74) is 0. The Bertz CT molecular complexity index is 181. The average Bonchev–Trinajstić information content (AvgIpc) is 1.86. The van der Waals surface area contributed by atoms with E-state index in [4.69, 9.17) is 5.11 Å². The van der Waals surface area contributed by atoms with E-state index in [9.17, 15) is 9.59 Å². The molecule has 4 heteroatoms. The second-order valence-electron chi connectivity index (χ2n) is 2.28. The number of rotatable bonds is 2.